The number of para-hydroxylation sites is 1. The van der Waals surface area contributed by atoms with Crippen molar-refractivity contribution in [1.29, 1.82) is 0 Å². The van der Waals surface area contributed by atoms with Crippen LogP contribution in [0.2, 0.25) is 0 Å². The van der Waals surface area contributed by atoms with Crippen molar-refractivity contribution >= 4 is 22.7 Å². The van der Waals surface area contributed by atoms with E-state index >= 15 is 0 Å². The normalized spacial score (nSPS) is 18.4. The van der Waals surface area contributed by atoms with Crippen molar-refractivity contribution in [2.24, 2.45) is 9.46 Å². The summed E-state index contributed by atoms with van der Waals surface area (Å²) in [5, 5.41) is 4.29. The van der Waals surface area contributed by atoms with Gasteiger partial charge in [0.25, 0.3) is 0 Å². The molecule has 0 fully saturated rings. The zero-order chi connectivity index (χ0) is 12.4. The van der Waals surface area contributed by atoms with Gasteiger partial charge in [0, 0.05) is 5.56 Å². The molecular weight excluding hydrogens is 246 g/mol. The van der Waals surface area contributed by atoms with E-state index in [-0.39, 0.29) is 0 Å². The van der Waals surface area contributed by atoms with Crippen LogP contribution < -0.4 is 4.41 Å². The summed E-state index contributed by atoms with van der Waals surface area (Å²) in [6.45, 7) is 0. The Morgan fingerprint density at radius 1 is 0.889 bits per heavy atom. The summed E-state index contributed by atoms with van der Waals surface area (Å²) in [6.07, 6.45) is 0. The first-order valence-corrected chi connectivity index (χ1v) is 6.54. The molecule has 1 aliphatic heterocycles. The monoisotopic (exact) mass is 256 g/mol. The van der Waals surface area contributed by atoms with Crippen molar-refractivity contribution in [2.75, 3.05) is 4.41 Å². The number of anilines is 1. The smallest absolute Gasteiger partial charge is 0.169 e. The Hall–Kier alpha value is -1.98. The second-order valence-electron chi connectivity index (χ2n) is 3.72. The van der Waals surface area contributed by atoms with Crippen LogP contribution in [0.3, 0.4) is 0 Å². The zero-order valence-corrected chi connectivity index (χ0v) is 10.2. The molecule has 18 heavy (non-hydrogen) atoms. The average molecular weight is 256 g/mol. The van der Waals surface area contributed by atoms with Gasteiger partial charge in [-0.25, -0.2) is 0 Å². The number of hydrogen-bond acceptors (Lipinski definition) is 3. The minimum absolute atomic E-state index is 0.498. The maximum absolute atomic E-state index is 11.9. The Labute approximate surface area is 108 Å². The van der Waals surface area contributed by atoms with E-state index in [1.54, 1.807) is 0 Å². The van der Waals surface area contributed by atoms with Gasteiger partial charge in [0.15, 0.2) is 17.0 Å². The quantitative estimate of drug-likeness (QED) is 0.815. The second-order valence-corrected chi connectivity index (χ2v) is 4.71. The highest BCUT2D eigenvalue weighted by Crippen LogP contribution is 2.22. The van der Waals surface area contributed by atoms with Gasteiger partial charge in [0.1, 0.15) is 0 Å². The Morgan fingerprint density at radius 3 is 2.17 bits per heavy atom. The van der Waals surface area contributed by atoms with Crippen LogP contribution in [-0.2, 0) is 15.7 Å². The van der Waals surface area contributed by atoms with Gasteiger partial charge in [-0.05, 0) is 12.1 Å². The second kappa shape index (κ2) is 4.72. The van der Waals surface area contributed by atoms with Crippen molar-refractivity contribution in [1.82, 2.24) is 0 Å². The first-order valence-electron chi connectivity index (χ1n) is 5.47. The van der Waals surface area contributed by atoms with Crippen LogP contribution in [0, 0.1) is 0 Å². The Kier molecular flexibility index (Phi) is 2.92. The third-order valence-corrected chi connectivity index (χ3v) is 3.42. The molecule has 5 heteroatoms. The highest BCUT2D eigenvalue weighted by atomic mass is 32.2. The summed E-state index contributed by atoms with van der Waals surface area (Å²) in [4.78, 5) is 0. The maximum Gasteiger partial charge on any atom is 0.199 e. The predicted molar refractivity (Wildman–Crippen MR) is 72.4 cm³/mol. The molecule has 0 aliphatic carbocycles. The fraction of sp³-hybridized carbons (Fsp3) is 0. The van der Waals surface area contributed by atoms with E-state index in [2.05, 4.69) is 9.46 Å². The zero-order valence-electron chi connectivity index (χ0n) is 9.43. The molecule has 0 saturated carbocycles. The summed E-state index contributed by atoms with van der Waals surface area (Å²) in [5.41, 5.74) is 1.63. The Morgan fingerprint density at radius 2 is 1.50 bits per heavy atom. The molecule has 1 heterocycles. The van der Waals surface area contributed by atoms with Crippen molar-refractivity contribution < 1.29 is 4.55 Å². The van der Waals surface area contributed by atoms with E-state index in [1.165, 1.54) is 4.41 Å². The lowest BCUT2D eigenvalue weighted by atomic mass is 10.2. The lowest BCUT2D eigenvalue weighted by molar-refractivity contribution is 0.517. The first kappa shape index (κ1) is 11.1. The van der Waals surface area contributed by atoms with Crippen LogP contribution in [-0.4, -0.2) is 5.84 Å². The van der Waals surface area contributed by atoms with Crippen LogP contribution >= 0.6 is 0 Å². The van der Waals surface area contributed by atoms with Gasteiger partial charge in [-0.15, -0.1) is 9.65 Å². The number of benzene rings is 2. The van der Waals surface area contributed by atoms with Gasteiger partial charge < -0.3 is 0 Å². The van der Waals surface area contributed by atoms with Gasteiger partial charge in [-0.3, -0.25) is 0 Å². The molecule has 4 nitrogen and oxygen atoms in total. The number of amidine groups is 1. The molecule has 2 aromatic carbocycles. The highest BCUT2D eigenvalue weighted by Gasteiger charge is 2.20. The minimum atomic E-state index is -1.49. The third kappa shape index (κ3) is 2.05. The van der Waals surface area contributed by atoms with E-state index in [4.69, 9.17) is 0 Å². The number of rotatable bonds is 2. The Balaban J connectivity index is 1.97. The molecule has 1 atom stereocenters. The van der Waals surface area contributed by atoms with Gasteiger partial charge in [0.05, 0.1) is 5.69 Å². The van der Waals surface area contributed by atoms with Gasteiger partial charge in [0.2, 0.25) is 0 Å². The van der Waals surface area contributed by atoms with Crippen LogP contribution in [0.25, 0.3) is 0 Å². The molecule has 1 unspecified atom stereocenters. The SMILES string of the molecule is [O]S1=NC(c2ccccc2)=NN1c1ccccc1. The van der Waals surface area contributed by atoms with Crippen LogP contribution in [0.4, 0.5) is 5.69 Å². The summed E-state index contributed by atoms with van der Waals surface area (Å²) in [7, 11) is 0. The summed E-state index contributed by atoms with van der Waals surface area (Å²) in [5.74, 6) is 0.498. The molecule has 0 N–H and O–H groups in total. The molecule has 1 radical (unpaired) electrons. The van der Waals surface area contributed by atoms with Crippen molar-refractivity contribution in [2.45, 2.75) is 0 Å². The van der Waals surface area contributed by atoms with Crippen molar-refractivity contribution in [3.8, 4) is 0 Å². The molecule has 2 aromatic rings. The molecule has 89 valence electrons. The first-order chi connectivity index (χ1) is 8.84. The van der Waals surface area contributed by atoms with E-state index in [0.29, 0.717) is 5.84 Å². The largest absolute Gasteiger partial charge is 0.199 e. The minimum Gasteiger partial charge on any atom is -0.169 e. The molecule has 0 amide bonds. The molecule has 0 saturated heterocycles. The van der Waals surface area contributed by atoms with Crippen LogP contribution in [0.1, 0.15) is 5.56 Å². The highest BCUT2D eigenvalue weighted by molar-refractivity contribution is 7.83. The van der Waals surface area contributed by atoms with E-state index < -0.39 is 11.2 Å². The van der Waals surface area contributed by atoms with E-state index in [0.717, 1.165) is 11.3 Å². The molecule has 0 aromatic heterocycles. The summed E-state index contributed by atoms with van der Waals surface area (Å²) >= 11 is -1.49. The fourth-order valence-corrected chi connectivity index (χ4v) is 2.47. The summed E-state index contributed by atoms with van der Waals surface area (Å²) in [6, 6.07) is 18.9. The topological polar surface area (TPSA) is 47.9 Å². The van der Waals surface area contributed by atoms with Gasteiger partial charge >= 0.3 is 0 Å². The lowest BCUT2D eigenvalue weighted by Crippen LogP contribution is -2.13. The van der Waals surface area contributed by atoms with Crippen LogP contribution in [0.15, 0.2) is 70.1 Å². The maximum atomic E-state index is 11.9. The third-order valence-electron chi connectivity index (χ3n) is 2.51. The van der Waals surface area contributed by atoms with Gasteiger partial charge in [-0.2, -0.15) is 8.78 Å². The van der Waals surface area contributed by atoms with E-state index in [1.807, 2.05) is 60.7 Å². The van der Waals surface area contributed by atoms with Gasteiger partial charge in [-0.1, -0.05) is 48.5 Å². The molecule has 1 aliphatic rings. The average Bonchev–Trinajstić information content (AvgIpc) is 2.83. The number of hydrazone groups is 1. The number of nitrogens with zero attached hydrogens (tertiary/aromatic N) is 3. The molecule has 3 rings (SSSR count). The summed E-state index contributed by atoms with van der Waals surface area (Å²) < 4.78 is 17.4. The number of hydrogen-bond donors (Lipinski definition) is 0. The molecule has 0 spiro atoms. The van der Waals surface area contributed by atoms with Crippen LogP contribution in [0.5, 0.6) is 0 Å². The predicted octanol–water partition coefficient (Wildman–Crippen LogP) is 2.93. The standard InChI is InChI=1S/C13H10N3OS/c17-18-15-13(11-7-3-1-4-8-11)14-16(18)12-9-5-2-6-10-12/h1-10H. The van der Waals surface area contributed by atoms with Crippen molar-refractivity contribution in [3.63, 3.8) is 0 Å². The Bertz CT molecular complexity index is 611. The molecule has 0 bridgehead atoms. The lowest BCUT2D eigenvalue weighted by Gasteiger charge is -2.10. The fourth-order valence-electron chi connectivity index (χ4n) is 1.65. The van der Waals surface area contributed by atoms with E-state index in [9.17, 15) is 4.55 Å². The van der Waals surface area contributed by atoms with Crippen molar-refractivity contribution in [3.05, 3.63) is 66.2 Å². The molecular formula is C13H10N3OS.